The van der Waals surface area contributed by atoms with Crippen molar-refractivity contribution in [3.05, 3.63) is 17.0 Å². The van der Waals surface area contributed by atoms with E-state index in [9.17, 15) is 9.59 Å². The highest BCUT2D eigenvalue weighted by atomic mass is 16.2. The third kappa shape index (κ3) is 4.63. The van der Waals surface area contributed by atoms with Crippen LogP contribution in [-0.4, -0.2) is 65.5 Å². The summed E-state index contributed by atoms with van der Waals surface area (Å²) in [5.74, 6) is 0.0821. The van der Waals surface area contributed by atoms with Gasteiger partial charge in [0, 0.05) is 31.7 Å². The molecule has 0 saturated carbocycles. The lowest BCUT2D eigenvalue weighted by Gasteiger charge is -2.32. The summed E-state index contributed by atoms with van der Waals surface area (Å²) in [5.41, 5.74) is 3.52. The first-order valence-corrected chi connectivity index (χ1v) is 9.80. The molecule has 2 amide bonds. The summed E-state index contributed by atoms with van der Waals surface area (Å²) in [7, 11) is 3.98. The topological polar surface area (TPSA) is 81.3 Å². The zero-order valence-corrected chi connectivity index (χ0v) is 16.0. The summed E-state index contributed by atoms with van der Waals surface area (Å²) in [5, 5.41) is 10.6. The third-order valence-corrected chi connectivity index (χ3v) is 5.51. The monoisotopic (exact) mass is 361 g/mol. The number of carbonyl (C=O) groups excluding carboxylic acids is 2. The minimum Gasteiger partial charge on any atom is -0.350 e. The summed E-state index contributed by atoms with van der Waals surface area (Å²) in [6.45, 7) is 2.51. The Kier molecular flexibility index (Phi) is 6.29. The van der Waals surface area contributed by atoms with Crippen LogP contribution >= 0.6 is 0 Å². The fraction of sp³-hybridized carbons (Fsp3) is 0.737. The molecule has 1 aliphatic carbocycles. The molecule has 1 saturated heterocycles. The molecular formula is C19H31N5O2. The van der Waals surface area contributed by atoms with Gasteiger partial charge in [-0.1, -0.05) is 6.42 Å². The number of aromatic amines is 1. The second-order valence-electron chi connectivity index (χ2n) is 7.78. The number of nitrogens with zero attached hydrogens (tertiary/aromatic N) is 3. The zero-order chi connectivity index (χ0) is 18.5. The number of aryl methyl sites for hydroxylation is 1. The molecule has 7 heteroatoms. The van der Waals surface area contributed by atoms with Crippen molar-refractivity contribution in [3.63, 3.8) is 0 Å². The van der Waals surface area contributed by atoms with Gasteiger partial charge in [0.2, 0.25) is 11.8 Å². The van der Waals surface area contributed by atoms with Gasteiger partial charge >= 0.3 is 0 Å². The van der Waals surface area contributed by atoms with E-state index in [0.717, 1.165) is 25.1 Å². The molecule has 1 unspecified atom stereocenters. The van der Waals surface area contributed by atoms with Gasteiger partial charge in [-0.05, 0) is 51.8 Å². The molecule has 3 rings (SSSR count). The molecule has 0 aromatic carbocycles. The van der Waals surface area contributed by atoms with Crippen LogP contribution in [0.2, 0.25) is 0 Å². The van der Waals surface area contributed by atoms with Crippen molar-refractivity contribution in [1.82, 2.24) is 25.3 Å². The number of aromatic nitrogens is 2. The summed E-state index contributed by atoms with van der Waals surface area (Å²) in [6.07, 6.45) is 6.87. The highest BCUT2D eigenvalue weighted by Gasteiger charge is 2.30. The first-order valence-electron chi connectivity index (χ1n) is 9.80. The van der Waals surface area contributed by atoms with Gasteiger partial charge in [-0.3, -0.25) is 14.7 Å². The lowest BCUT2D eigenvalue weighted by molar-refractivity contribution is -0.138. The number of hydrogen-bond donors (Lipinski definition) is 2. The first kappa shape index (κ1) is 18.9. The van der Waals surface area contributed by atoms with Gasteiger partial charge in [0.25, 0.3) is 0 Å². The second-order valence-corrected chi connectivity index (χ2v) is 7.78. The maximum Gasteiger partial charge on any atom is 0.225 e. The summed E-state index contributed by atoms with van der Waals surface area (Å²) in [4.78, 5) is 28.6. The number of H-pyrrole nitrogens is 1. The van der Waals surface area contributed by atoms with Crippen LogP contribution in [0.25, 0.3) is 0 Å². The Morgan fingerprint density at radius 2 is 2.08 bits per heavy atom. The molecule has 1 aromatic rings. The predicted octanol–water partition coefficient (Wildman–Crippen LogP) is 1.10. The standard InChI is InChI=1S/C19H31N5O2/c1-23(2)10-11-24-13-14(8-9-18(24)25)19(26)20-12-17-15-6-4-3-5-7-16(15)21-22-17/h14H,3-13H2,1-2H3,(H,20,26)(H,21,22). The Morgan fingerprint density at radius 3 is 2.88 bits per heavy atom. The molecule has 1 aliphatic heterocycles. The number of nitrogens with one attached hydrogen (secondary N) is 2. The largest absolute Gasteiger partial charge is 0.350 e. The molecule has 2 aliphatic rings. The molecule has 0 radical (unpaired) electrons. The van der Waals surface area contributed by atoms with Crippen LogP contribution in [0.5, 0.6) is 0 Å². The quantitative estimate of drug-likeness (QED) is 0.744. The first-order chi connectivity index (χ1) is 12.5. The van der Waals surface area contributed by atoms with E-state index in [1.807, 2.05) is 19.0 Å². The van der Waals surface area contributed by atoms with Gasteiger partial charge in [-0.2, -0.15) is 5.10 Å². The van der Waals surface area contributed by atoms with Gasteiger partial charge in [0.15, 0.2) is 0 Å². The number of amides is 2. The highest BCUT2D eigenvalue weighted by Crippen LogP contribution is 2.22. The number of carbonyl (C=O) groups is 2. The number of likely N-dealkylation sites (N-methyl/N-ethyl adjacent to an activating group) is 1. The van der Waals surface area contributed by atoms with E-state index in [1.165, 1.54) is 30.5 Å². The van der Waals surface area contributed by atoms with E-state index < -0.39 is 0 Å². The minimum atomic E-state index is -0.118. The van der Waals surface area contributed by atoms with E-state index in [0.29, 0.717) is 32.5 Å². The maximum atomic E-state index is 12.6. The molecule has 1 fully saturated rings. The van der Waals surface area contributed by atoms with Crippen molar-refractivity contribution in [1.29, 1.82) is 0 Å². The molecule has 1 atom stereocenters. The van der Waals surface area contributed by atoms with Crippen molar-refractivity contribution in [2.24, 2.45) is 5.92 Å². The molecule has 0 bridgehead atoms. The Bertz CT molecular complexity index is 640. The SMILES string of the molecule is CN(C)CCN1CC(C(=O)NCc2n[nH]c3c2CCCCC3)CCC1=O. The lowest BCUT2D eigenvalue weighted by atomic mass is 9.96. The van der Waals surface area contributed by atoms with E-state index in [2.05, 4.69) is 20.4 Å². The fourth-order valence-corrected chi connectivity index (χ4v) is 3.85. The average molecular weight is 361 g/mol. The van der Waals surface area contributed by atoms with Crippen LogP contribution in [0.15, 0.2) is 0 Å². The molecule has 7 nitrogen and oxygen atoms in total. The van der Waals surface area contributed by atoms with Crippen molar-refractivity contribution in [3.8, 4) is 0 Å². The van der Waals surface area contributed by atoms with Crippen LogP contribution in [0.3, 0.4) is 0 Å². The Labute approximate surface area is 155 Å². The van der Waals surface area contributed by atoms with Crippen molar-refractivity contribution in [2.45, 2.75) is 51.5 Å². The van der Waals surface area contributed by atoms with Gasteiger partial charge < -0.3 is 15.1 Å². The van der Waals surface area contributed by atoms with Gasteiger partial charge in [0.05, 0.1) is 18.2 Å². The fourth-order valence-electron chi connectivity index (χ4n) is 3.85. The smallest absolute Gasteiger partial charge is 0.225 e. The van der Waals surface area contributed by atoms with Crippen molar-refractivity contribution >= 4 is 11.8 Å². The van der Waals surface area contributed by atoms with Gasteiger partial charge in [-0.25, -0.2) is 0 Å². The summed E-state index contributed by atoms with van der Waals surface area (Å²) < 4.78 is 0. The van der Waals surface area contributed by atoms with Gasteiger partial charge in [0.1, 0.15) is 0 Å². The van der Waals surface area contributed by atoms with Gasteiger partial charge in [-0.15, -0.1) is 0 Å². The highest BCUT2D eigenvalue weighted by molar-refractivity contribution is 5.83. The van der Waals surface area contributed by atoms with E-state index >= 15 is 0 Å². The second kappa shape index (κ2) is 8.66. The van der Waals surface area contributed by atoms with Crippen LogP contribution in [0, 0.1) is 5.92 Å². The molecule has 2 heterocycles. The Morgan fingerprint density at radius 1 is 1.27 bits per heavy atom. The van der Waals surface area contributed by atoms with Crippen LogP contribution < -0.4 is 5.32 Å². The Hall–Kier alpha value is -1.89. The van der Waals surface area contributed by atoms with E-state index in [1.54, 1.807) is 0 Å². The van der Waals surface area contributed by atoms with E-state index in [-0.39, 0.29) is 17.7 Å². The average Bonchev–Trinajstić information content (AvgIpc) is 2.85. The number of rotatable bonds is 6. The molecule has 26 heavy (non-hydrogen) atoms. The minimum absolute atomic E-state index is 0.0396. The summed E-state index contributed by atoms with van der Waals surface area (Å²) >= 11 is 0. The molecule has 2 N–H and O–H groups in total. The Balaban J connectivity index is 1.53. The zero-order valence-electron chi connectivity index (χ0n) is 16.0. The van der Waals surface area contributed by atoms with Crippen LogP contribution in [0.1, 0.15) is 49.1 Å². The molecule has 144 valence electrons. The number of likely N-dealkylation sites (tertiary alicyclic amines) is 1. The predicted molar refractivity (Wildman–Crippen MR) is 99.6 cm³/mol. The van der Waals surface area contributed by atoms with Crippen LogP contribution in [0.4, 0.5) is 0 Å². The third-order valence-electron chi connectivity index (χ3n) is 5.51. The van der Waals surface area contributed by atoms with E-state index in [4.69, 9.17) is 0 Å². The molecule has 1 aromatic heterocycles. The molecule has 0 spiro atoms. The number of fused-ring (bicyclic) bond motifs is 1. The van der Waals surface area contributed by atoms with Crippen molar-refractivity contribution < 1.29 is 9.59 Å². The number of hydrogen-bond acceptors (Lipinski definition) is 4. The van der Waals surface area contributed by atoms with Crippen LogP contribution in [-0.2, 0) is 29.0 Å². The molecular weight excluding hydrogens is 330 g/mol. The lowest BCUT2D eigenvalue weighted by Crippen LogP contribution is -2.47. The normalized spacial score (nSPS) is 20.8. The van der Waals surface area contributed by atoms with Crippen molar-refractivity contribution in [2.75, 3.05) is 33.7 Å². The summed E-state index contributed by atoms with van der Waals surface area (Å²) in [6, 6.07) is 0. The maximum absolute atomic E-state index is 12.6. The number of piperidine rings is 1.